The highest BCUT2D eigenvalue weighted by molar-refractivity contribution is 7.91. The van der Waals surface area contributed by atoms with Crippen LogP contribution in [0.25, 0.3) is 5.65 Å². The molecule has 0 bridgehead atoms. The van der Waals surface area contributed by atoms with Gasteiger partial charge in [0.25, 0.3) is 0 Å². The molecule has 13 heteroatoms. The van der Waals surface area contributed by atoms with E-state index in [4.69, 9.17) is 11.6 Å². The molecule has 2 fully saturated rings. The van der Waals surface area contributed by atoms with Crippen molar-refractivity contribution in [3.63, 3.8) is 0 Å². The van der Waals surface area contributed by atoms with Crippen LogP contribution >= 0.6 is 11.6 Å². The minimum absolute atomic E-state index is 0.0151. The number of hydrogen-bond donors (Lipinski definition) is 0. The molecular formula is C26H27ClF3N5O3S. The van der Waals surface area contributed by atoms with Gasteiger partial charge in [0.05, 0.1) is 29.1 Å². The Morgan fingerprint density at radius 3 is 2.56 bits per heavy atom. The van der Waals surface area contributed by atoms with Crippen LogP contribution in [0, 0.1) is 11.3 Å². The van der Waals surface area contributed by atoms with Crippen LogP contribution in [0.4, 0.5) is 24.5 Å². The van der Waals surface area contributed by atoms with Gasteiger partial charge in [0.1, 0.15) is 9.84 Å². The molecule has 1 spiro atoms. The summed E-state index contributed by atoms with van der Waals surface area (Å²) in [6, 6.07) is 5.66. The van der Waals surface area contributed by atoms with Gasteiger partial charge in [-0.2, -0.15) is 18.3 Å². The number of hydrogen-bond acceptors (Lipinski definition) is 6. The monoisotopic (exact) mass is 581 g/mol. The van der Waals surface area contributed by atoms with Crippen LogP contribution in [0.1, 0.15) is 43.0 Å². The first-order valence-corrected chi connectivity index (χ1v) is 15.0. The molecule has 1 aliphatic carbocycles. The van der Waals surface area contributed by atoms with E-state index in [1.807, 2.05) is 4.90 Å². The minimum atomic E-state index is -4.68. The van der Waals surface area contributed by atoms with Gasteiger partial charge in [0.2, 0.25) is 5.91 Å². The second kappa shape index (κ2) is 9.09. The highest BCUT2D eigenvalue weighted by Gasteiger charge is 2.61. The second-order valence-corrected chi connectivity index (χ2v) is 13.5. The highest BCUT2D eigenvalue weighted by Crippen LogP contribution is 2.61. The van der Waals surface area contributed by atoms with E-state index in [0.29, 0.717) is 42.3 Å². The molecule has 2 aliphatic heterocycles. The third-order valence-corrected chi connectivity index (χ3v) is 10.3. The van der Waals surface area contributed by atoms with Crippen molar-refractivity contribution in [2.45, 2.75) is 44.3 Å². The third kappa shape index (κ3) is 4.65. The van der Waals surface area contributed by atoms with Gasteiger partial charge in [0.15, 0.2) is 16.8 Å². The molecule has 208 valence electrons. The summed E-state index contributed by atoms with van der Waals surface area (Å²) >= 11 is 6.06. The molecule has 3 aromatic rings. The van der Waals surface area contributed by atoms with Crippen LogP contribution in [0.3, 0.4) is 0 Å². The van der Waals surface area contributed by atoms with E-state index in [1.54, 1.807) is 28.9 Å². The molecule has 1 saturated heterocycles. The number of anilines is 2. The SMILES string of the molecule is CN(C(=O)[C@@H]1CC12CCS(=O)(=O)CC2)[C@@H](c1ccc(N2CCCc3c2cnc2cc(Cl)nn32)cc1)C(F)(F)F. The van der Waals surface area contributed by atoms with Crippen LogP contribution < -0.4 is 4.90 Å². The minimum Gasteiger partial charge on any atom is -0.339 e. The number of sulfone groups is 1. The summed E-state index contributed by atoms with van der Waals surface area (Å²) in [6.45, 7) is 0.662. The number of alkyl halides is 3. The van der Waals surface area contributed by atoms with E-state index in [-0.39, 0.29) is 17.1 Å². The van der Waals surface area contributed by atoms with Crippen molar-refractivity contribution < 1.29 is 26.4 Å². The molecule has 4 heterocycles. The van der Waals surface area contributed by atoms with E-state index in [0.717, 1.165) is 29.1 Å². The van der Waals surface area contributed by atoms with Crippen molar-refractivity contribution in [1.29, 1.82) is 0 Å². The number of nitrogens with zero attached hydrogens (tertiary/aromatic N) is 5. The Bertz CT molecular complexity index is 1540. The number of rotatable bonds is 4. The van der Waals surface area contributed by atoms with Crippen molar-refractivity contribution in [2.75, 3.05) is 30.0 Å². The molecule has 1 aromatic carbocycles. The van der Waals surface area contributed by atoms with Gasteiger partial charge >= 0.3 is 6.18 Å². The first kappa shape index (κ1) is 26.4. The predicted octanol–water partition coefficient (Wildman–Crippen LogP) is 4.74. The van der Waals surface area contributed by atoms with Crippen LogP contribution in [-0.2, 0) is 21.1 Å². The Morgan fingerprint density at radius 2 is 1.90 bits per heavy atom. The fraction of sp³-hybridized carbons (Fsp3) is 0.500. The van der Waals surface area contributed by atoms with Gasteiger partial charge < -0.3 is 9.80 Å². The van der Waals surface area contributed by atoms with E-state index in [1.165, 1.54) is 19.2 Å². The average molecular weight is 582 g/mol. The van der Waals surface area contributed by atoms with Crippen LogP contribution in [0.15, 0.2) is 36.5 Å². The Labute approximate surface area is 228 Å². The molecule has 6 rings (SSSR count). The summed E-state index contributed by atoms with van der Waals surface area (Å²) in [7, 11) is -1.94. The summed E-state index contributed by atoms with van der Waals surface area (Å²) in [5.74, 6) is -1.19. The zero-order valence-corrected chi connectivity index (χ0v) is 22.7. The zero-order chi connectivity index (χ0) is 27.7. The molecule has 1 saturated carbocycles. The maximum absolute atomic E-state index is 14.3. The lowest BCUT2D eigenvalue weighted by Crippen LogP contribution is -2.41. The molecule has 2 aromatic heterocycles. The zero-order valence-electron chi connectivity index (χ0n) is 21.2. The number of aryl methyl sites for hydroxylation is 1. The Morgan fingerprint density at radius 1 is 1.21 bits per heavy atom. The van der Waals surface area contributed by atoms with Crippen LogP contribution in [-0.4, -0.2) is 65.1 Å². The van der Waals surface area contributed by atoms with Crippen molar-refractivity contribution in [3.05, 3.63) is 52.9 Å². The fourth-order valence-corrected chi connectivity index (χ4v) is 8.05. The van der Waals surface area contributed by atoms with Crippen LogP contribution in [0.5, 0.6) is 0 Å². The predicted molar refractivity (Wildman–Crippen MR) is 140 cm³/mol. The van der Waals surface area contributed by atoms with E-state index in [9.17, 15) is 26.4 Å². The summed E-state index contributed by atoms with van der Waals surface area (Å²) in [4.78, 5) is 20.4. The number of carbonyl (C=O) groups excluding carboxylic acids is 1. The highest BCUT2D eigenvalue weighted by atomic mass is 35.5. The van der Waals surface area contributed by atoms with E-state index in [2.05, 4.69) is 10.1 Å². The number of fused-ring (bicyclic) bond motifs is 3. The number of amides is 1. The maximum atomic E-state index is 14.3. The standard InChI is InChI=1S/C26H27ClF3N5O3S/c1-33(24(36)18-14-25(18)8-11-39(37,38)12-9-25)23(26(28,29)30)16-4-6-17(7-5-16)34-10-2-3-19-20(34)15-31-22-13-21(27)32-35(19)22/h4-7,13,15,18,23H,2-3,8-12,14H2,1H3/t18-,23-/m0/s1. The summed E-state index contributed by atoms with van der Waals surface area (Å²) in [5, 5.41) is 4.65. The summed E-state index contributed by atoms with van der Waals surface area (Å²) in [6.07, 6.45) is -0.287. The molecule has 2 atom stereocenters. The van der Waals surface area contributed by atoms with Gasteiger partial charge in [-0.3, -0.25) is 4.79 Å². The number of aromatic nitrogens is 3. The summed E-state index contributed by atoms with van der Waals surface area (Å²) in [5.41, 5.74) is 2.55. The molecule has 0 unspecified atom stereocenters. The molecular weight excluding hydrogens is 555 g/mol. The van der Waals surface area contributed by atoms with Gasteiger partial charge in [-0.05, 0) is 55.2 Å². The fourth-order valence-electron chi connectivity index (χ4n) is 6.23. The molecule has 3 aliphatic rings. The Kier molecular flexibility index (Phi) is 6.14. The van der Waals surface area contributed by atoms with Crippen molar-refractivity contribution in [1.82, 2.24) is 19.5 Å². The third-order valence-electron chi connectivity index (χ3n) is 8.49. The van der Waals surface area contributed by atoms with Crippen molar-refractivity contribution >= 4 is 44.4 Å². The number of benzene rings is 1. The molecule has 39 heavy (non-hydrogen) atoms. The van der Waals surface area contributed by atoms with Crippen LogP contribution in [0.2, 0.25) is 5.15 Å². The maximum Gasteiger partial charge on any atom is 0.413 e. The van der Waals surface area contributed by atoms with Gasteiger partial charge in [-0.1, -0.05) is 23.7 Å². The van der Waals surface area contributed by atoms with Gasteiger partial charge in [0, 0.05) is 31.3 Å². The lowest BCUT2D eigenvalue weighted by atomic mass is 9.95. The molecule has 0 N–H and O–H groups in total. The normalized spacial score (nSPS) is 22.5. The van der Waals surface area contributed by atoms with E-state index >= 15 is 0 Å². The average Bonchev–Trinajstić information content (AvgIpc) is 3.46. The quantitative estimate of drug-likeness (QED) is 0.442. The first-order chi connectivity index (χ1) is 18.4. The largest absolute Gasteiger partial charge is 0.413 e. The van der Waals surface area contributed by atoms with Gasteiger partial charge in [-0.25, -0.2) is 17.9 Å². The summed E-state index contributed by atoms with van der Waals surface area (Å²) < 4.78 is 68.3. The Balaban J connectivity index is 1.24. The number of carbonyl (C=O) groups is 1. The second-order valence-electron chi connectivity index (χ2n) is 10.8. The lowest BCUT2D eigenvalue weighted by Gasteiger charge is -2.33. The van der Waals surface area contributed by atoms with Gasteiger partial charge in [-0.15, -0.1) is 0 Å². The smallest absolute Gasteiger partial charge is 0.339 e. The Hall–Kier alpha value is -2.86. The van der Waals surface area contributed by atoms with E-state index < -0.39 is 39.3 Å². The molecule has 1 amide bonds. The lowest BCUT2D eigenvalue weighted by molar-refractivity contribution is -0.189. The first-order valence-electron chi connectivity index (χ1n) is 12.8. The van der Waals surface area contributed by atoms with Crippen molar-refractivity contribution in [3.8, 4) is 0 Å². The topological polar surface area (TPSA) is 87.9 Å². The molecule has 8 nitrogen and oxygen atoms in total. The van der Waals surface area contributed by atoms with Crippen molar-refractivity contribution in [2.24, 2.45) is 11.3 Å². The number of halogens is 4. The molecule has 0 radical (unpaired) electrons.